The summed E-state index contributed by atoms with van der Waals surface area (Å²) >= 11 is 0. The molecule has 1 saturated heterocycles. The Morgan fingerprint density at radius 1 is 1.25 bits per heavy atom. The summed E-state index contributed by atoms with van der Waals surface area (Å²) in [6.07, 6.45) is 2.54. The Kier molecular flexibility index (Phi) is 5.60. The summed E-state index contributed by atoms with van der Waals surface area (Å²) in [4.78, 5) is 4.89. The van der Waals surface area contributed by atoms with Crippen molar-refractivity contribution in [3.63, 3.8) is 0 Å². The standard InChI is InChI=1S/C17H25N3/c1-19-12-9-17(10-13-19)20(2)14-16-7-5-15(6-8-16)4-3-11-18/h5-8,17H,9-14,18H2,1-2H3. The normalized spacial score (nSPS) is 17.0. The Morgan fingerprint density at radius 3 is 2.50 bits per heavy atom. The van der Waals surface area contributed by atoms with Gasteiger partial charge in [0.2, 0.25) is 0 Å². The van der Waals surface area contributed by atoms with Gasteiger partial charge in [-0.25, -0.2) is 0 Å². The molecule has 20 heavy (non-hydrogen) atoms. The molecule has 3 heteroatoms. The summed E-state index contributed by atoms with van der Waals surface area (Å²) in [5, 5.41) is 0. The maximum Gasteiger partial charge on any atom is 0.0555 e. The molecule has 0 atom stereocenters. The fourth-order valence-electron chi connectivity index (χ4n) is 2.70. The molecule has 1 heterocycles. The van der Waals surface area contributed by atoms with Crippen LogP contribution in [0.2, 0.25) is 0 Å². The molecule has 2 N–H and O–H groups in total. The van der Waals surface area contributed by atoms with Crippen molar-refractivity contribution < 1.29 is 0 Å². The van der Waals surface area contributed by atoms with E-state index in [0.29, 0.717) is 12.6 Å². The molecular weight excluding hydrogens is 246 g/mol. The van der Waals surface area contributed by atoms with E-state index in [1.54, 1.807) is 0 Å². The van der Waals surface area contributed by atoms with Crippen LogP contribution in [0.25, 0.3) is 0 Å². The lowest BCUT2D eigenvalue weighted by Crippen LogP contribution is -2.41. The molecule has 1 fully saturated rings. The zero-order valence-electron chi connectivity index (χ0n) is 12.6. The second kappa shape index (κ2) is 7.44. The summed E-state index contributed by atoms with van der Waals surface area (Å²) in [6.45, 7) is 3.85. The predicted molar refractivity (Wildman–Crippen MR) is 84.4 cm³/mol. The summed E-state index contributed by atoms with van der Waals surface area (Å²) in [6, 6.07) is 9.22. The molecule has 2 rings (SSSR count). The number of piperidine rings is 1. The third-order valence-corrected chi connectivity index (χ3v) is 4.03. The molecule has 0 aromatic heterocycles. The van der Waals surface area contributed by atoms with Crippen molar-refractivity contribution in [2.24, 2.45) is 5.73 Å². The van der Waals surface area contributed by atoms with Crippen molar-refractivity contribution in [3.8, 4) is 11.8 Å². The quantitative estimate of drug-likeness (QED) is 0.846. The number of likely N-dealkylation sites (tertiary alicyclic amines) is 1. The number of nitrogens with two attached hydrogens (primary N) is 1. The minimum atomic E-state index is 0.417. The molecule has 0 amide bonds. The van der Waals surface area contributed by atoms with Crippen LogP contribution in [0.15, 0.2) is 24.3 Å². The fraction of sp³-hybridized carbons (Fsp3) is 0.529. The zero-order chi connectivity index (χ0) is 14.4. The van der Waals surface area contributed by atoms with Gasteiger partial charge in [0.25, 0.3) is 0 Å². The van der Waals surface area contributed by atoms with Gasteiger partial charge >= 0.3 is 0 Å². The molecule has 1 aliphatic heterocycles. The molecular formula is C17H25N3. The summed E-state index contributed by atoms with van der Waals surface area (Å²) in [5.41, 5.74) is 7.78. The number of rotatable bonds is 3. The van der Waals surface area contributed by atoms with E-state index in [2.05, 4.69) is 60.0 Å². The summed E-state index contributed by atoms with van der Waals surface area (Å²) < 4.78 is 0. The molecule has 0 aliphatic carbocycles. The molecule has 3 nitrogen and oxygen atoms in total. The first-order valence-corrected chi connectivity index (χ1v) is 7.35. The van der Waals surface area contributed by atoms with Gasteiger partial charge in [0.05, 0.1) is 6.54 Å². The molecule has 0 unspecified atom stereocenters. The first-order chi connectivity index (χ1) is 9.69. The second-order valence-corrected chi connectivity index (χ2v) is 5.65. The minimum Gasteiger partial charge on any atom is -0.320 e. The first-order valence-electron chi connectivity index (χ1n) is 7.35. The van der Waals surface area contributed by atoms with Gasteiger partial charge in [-0.3, -0.25) is 4.90 Å². The highest BCUT2D eigenvalue weighted by Gasteiger charge is 2.20. The summed E-state index contributed by atoms with van der Waals surface area (Å²) in [5.74, 6) is 5.94. The number of hydrogen-bond donors (Lipinski definition) is 1. The smallest absolute Gasteiger partial charge is 0.0555 e. The van der Waals surface area contributed by atoms with Gasteiger partial charge < -0.3 is 10.6 Å². The van der Waals surface area contributed by atoms with Gasteiger partial charge in [0.1, 0.15) is 0 Å². The van der Waals surface area contributed by atoms with Crippen LogP contribution in [0.4, 0.5) is 0 Å². The number of nitrogens with zero attached hydrogens (tertiary/aromatic N) is 2. The lowest BCUT2D eigenvalue weighted by molar-refractivity contribution is 0.139. The van der Waals surface area contributed by atoms with Gasteiger partial charge in [-0.1, -0.05) is 24.0 Å². The van der Waals surface area contributed by atoms with Crippen LogP contribution in [-0.2, 0) is 6.54 Å². The third-order valence-electron chi connectivity index (χ3n) is 4.03. The maximum absolute atomic E-state index is 5.38. The average molecular weight is 271 g/mol. The summed E-state index contributed by atoms with van der Waals surface area (Å²) in [7, 11) is 4.44. The van der Waals surface area contributed by atoms with E-state index in [-0.39, 0.29) is 0 Å². The first kappa shape index (κ1) is 15.1. The van der Waals surface area contributed by atoms with E-state index >= 15 is 0 Å². The van der Waals surface area contributed by atoms with E-state index in [1.165, 1.54) is 31.5 Å². The topological polar surface area (TPSA) is 32.5 Å². The third kappa shape index (κ3) is 4.35. The lowest BCUT2D eigenvalue weighted by atomic mass is 10.0. The number of hydrogen-bond acceptors (Lipinski definition) is 3. The Hall–Kier alpha value is -1.34. The van der Waals surface area contributed by atoms with E-state index in [9.17, 15) is 0 Å². The van der Waals surface area contributed by atoms with Crippen molar-refractivity contribution in [2.75, 3.05) is 33.7 Å². The molecule has 0 bridgehead atoms. The van der Waals surface area contributed by atoms with Crippen molar-refractivity contribution in [3.05, 3.63) is 35.4 Å². The fourth-order valence-corrected chi connectivity index (χ4v) is 2.70. The van der Waals surface area contributed by atoms with E-state index < -0.39 is 0 Å². The SMILES string of the molecule is CN1CCC(N(C)Cc2ccc(C#CCN)cc2)CC1. The van der Waals surface area contributed by atoms with Gasteiger partial charge in [-0.15, -0.1) is 0 Å². The van der Waals surface area contributed by atoms with Gasteiger partial charge in [0.15, 0.2) is 0 Å². The Balaban J connectivity index is 1.89. The highest BCUT2D eigenvalue weighted by molar-refractivity contribution is 5.36. The molecule has 1 aromatic rings. The van der Waals surface area contributed by atoms with Crippen molar-refractivity contribution in [2.45, 2.75) is 25.4 Å². The maximum atomic E-state index is 5.38. The van der Waals surface area contributed by atoms with E-state index in [0.717, 1.165) is 12.1 Å². The zero-order valence-corrected chi connectivity index (χ0v) is 12.6. The lowest BCUT2D eigenvalue weighted by Gasteiger charge is -2.35. The highest BCUT2D eigenvalue weighted by Crippen LogP contribution is 2.16. The van der Waals surface area contributed by atoms with Crippen molar-refractivity contribution in [1.29, 1.82) is 0 Å². The van der Waals surface area contributed by atoms with E-state index in [4.69, 9.17) is 5.73 Å². The highest BCUT2D eigenvalue weighted by atomic mass is 15.2. The van der Waals surface area contributed by atoms with Crippen LogP contribution in [0.5, 0.6) is 0 Å². The van der Waals surface area contributed by atoms with Crippen LogP contribution < -0.4 is 5.73 Å². The Bertz CT molecular complexity index is 461. The van der Waals surface area contributed by atoms with Gasteiger partial charge in [0, 0.05) is 18.2 Å². The largest absolute Gasteiger partial charge is 0.320 e. The van der Waals surface area contributed by atoms with Crippen LogP contribution in [0, 0.1) is 11.8 Å². The second-order valence-electron chi connectivity index (χ2n) is 5.65. The van der Waals surface area contributed by atoms with E-state index in [1.807, 2.05) is 0 Å². The molecule has 1 aliphatic rings. The Labute approximate surface area is 122 Å². The predicted octanol–water partition coefficient (Wildman–Crippen LogP) is 1.52. The van der Waals surface area contributed by atoms with Crippen molar-refractivity contribution >= 4 is 0 Å². The molecule has 1 aromatic carbocycles. The van der Waals surface area contributed by atoms with Gasteiger partial charge in [-0.2, -0.15) is 0 Å². The monoisotopic (exact) mass is 271 g/mol. The molecule has 0 radical (unpaired) electrons. The van der Waals surface area contributed by atoms with Crippen LogP contribution in [0.1, 0.15) is 24.0 Å². The van der Waals surface area contributed by atoms with Crippen LogP contribution in [-0.4, -0.2) is 49.6 Å². The van der Waals surface area contributed by atoms with Gasteiger partial charge in [-0.05, 0) is 57.7 Å². The minimum absolute atomic E-state index is 0.417. The number of benzene rings is 1. The molecule has 0 saturated carbocycles. The van der Waals surface area contributed by atoms with Crippen LogP contribution in [0.3, 0.4) is 0 Å². The Morgan fingerprint density at radius 2 is 1.90 bits per heavy atom. The van der Waals surface area contributed by atoms with Crippen molar-refractivity contribution in [1.82, 2.24) is 9.80 Å². The average Bonchev–Trinajstić information content (AvgIpc) is 2.47. The molecule has 108 valence electrons. The van der Waals surface area contributed by atoms with Crippen LogP contribution >= 0.6 is 0 Å². The molecule has 0 spiro atoms.